The number of carbonyl (C=O) groups is 2. The average Bonchev–Trinajstić information content (AvgIpc) is 3.02. The molecule has 43 heavy (non-hydrogen) atoms. The minimum atomic E-state index is -1.68. The van der Waals surface area contributed by atoms with Crippen molar-refractivity contribution < 1.29 is 33.5 Å². The number of carboxylic acids is 1. The molecule has 0 aliphatic heterocycles. The van der Waals surface area contributed by atoms with Crippen molar-refractivity contribution in [3.8, 4) is 28.4 Å². The number of carbonyl (C=O) groups excluding carboxylic acids is 1. The van der Waals surface area contributed by atoms with E-state index in [0.717, 1.165) is 5.39 Å². The molecule has 220 valence electrons. The summed E-state index contributed by atoms with van der Waals surface area (Å²) in [5.41, 5.74) is 6.82. The zero-order valence-electron chi connectivity index (χ0n) is 23.1. The topological polar surface area (TPSA) is 160 Å². The van der Waals surface area contributed by atoms with Crippen LogP contribution >= 0.6 is 0 Å². The van der Waals surface area contributed by atoms with Gasteiger partial charge in [-0.3, -0.25) is 4.79 Å². The molecule has 0 fully saturated rings. The molecule has 5 rings (SSSR count). The van der Waals surface area contributed by atoms with Crippen LogP contribution in [-0.2, 0) is 15.8 Å². The van der Waals surface area contributed by atoms with Crippen molar-refractivity contribution in [1.29, 1.82) is 0 Å². The van der Waals surface area contributed by atoms with Gasteiger partial charge in [-0.05, 0) is 53.6 Å². The second kappa shape index (κ2) is 12.8. The van der Waals surface area contributed by atoms with E-state index in [0.29, 0.717) is 43.6 Å². The molecule has 6 N–H and O–H groups in total. The van der Waals surface area contributed by atoms with E-state index in [1.54, 1.807) is 73.8 Å². The molecule has 1 amide bonds. The number of methoxy groups -OCH3 is 1. The molecule has 0 aromatic heterocycles. The van der Waals surface area contributed by atoms with Crippen LogP contribution in [0.5, 0.6) is 17.2 Å². The number of phenolic OH excluding ortho intramolecular Hbond substituents is 1. The quantitative estimate of drug-likeness (QED) is 0.143. The Morgan fingerprint density at radius 2 is 1.60 bits per heavy atom. The SMILES string of the molecule is COc1ccc(S(=O)Nc2cc(-c3c(O)ccc4ccccc34)c(OC(=O)NCCC(N)C(=O)O)c3ccccc23)cc1. The Morgan fingerprint density at radius 1 is 0.930 bits per heavy atom. The Hall–Kier alpha value is -5.13. The second-order valence-electron chi connectivity index (χ2n) is 9.62. The van der Waals surface area contributed by atoms with Crippen LogP contribution in [-0.4, -0.2) is 46.2 Å². The standard InChI is InChI=1S/C32H29N3O7S/c1-41-20-11-13-21(14-12-20)43(40)35-27-18-25(29-22-7-3-2-6-19(22)10-15-28(29)36)30(24-9-5-4-8-23(24)27)42-32(39)34-17-16-26(33)31(37)38/h2-15,18,26,35-36H,16-17,33H2,1H3,(H,34,39)(H,37,38). The molecule has 0 bridgehead atoms. The van der Waals surface area contributed by atoms with Crippen LogP contribution in [0.15, 0.2) is 95.9 Å². The maximum Gasteiger partial charge on any atom is 0.412 e. The number of nitrogens with one attached hydrogen (secondary N) is 2. The van der Waals surface area contributed by atoms with Gasteiger partial charge in [-0.15, -0.1) is 0 Å². The first-order chi connectivity index (χ1) is 20.8. The molecule has 5 aromatic rings. The molecule has 0 aliphatic carbocycles. The highest BCUT2D eigenvalue weighted by Gasteiger charge is 2.23. The minimum absolute atomic E-state index is 0.00216. The Bertz CT molecular complexity index is 1840. The monoisotopic (exact) mass is 599 g/mol. The molecule has 11 heteroatoms. The summed E-state index contributed by atoms with van der Waals surface area (Å²) < 4.78 is 27.6. The number of hydrogen-bond donors (Lipinski definition) is 5. The summed E-state index contributed by atoms with van der Waals surface area (Å²) in [7, 11) is -0.125. The Labute approximate surface area is 249 Å². The minimum Gasteiger partial charge on any atom is -0.507 e. The number of benzene rings is 5. The number of amides is 1. The average molecular weight is 600 g/mol. The molecular formula is C32H29N3O7S. The van der Waals surface area contributed by atoms with Crippen LogP contribution < -0.4 is 25.2 Å². The van der Waals surface area contributed by atoms with Crippen LogP contribution in [0.25, 0.3) is 32.7 Å². The predicted molar refractivity (Wildman–Crippen MR) is 166 cm³/mol. The number of fused-ring (bicyclic) bond motifs is 2. The Balaban J connectivity index is 1.63. The fourth-order valence-corrected chi connectivity index (χ4v) is 5.58. The highest BCUT2D eigenvalue weighted by atomic mass is 32.2. The maximum atomic E-state index is 13.4. The fraction of sp³-hybridized carbons (Fsp3) is 0.125. The first kappa shape index (κ1) is 29.4. The Morgan fingerprint density at radius 3 is 2.30 bits per heavy atom. The van der Waals surface area contributed by atoms with Gasteiger partial charge >= 0.3 is 12.1 Å². The number of carboxylic acid groups (broad SMARTS) is 1. The maximum absolute atomic E-state index is 13.4. The van der Waals surface area contributed by atoms with Crippen LogP contribution in [0.3, 0.4) is 0 Å². The molecule has 0 heterocycles. The summed E-state index contributed by atoms with van der Waals surface area (Å²) in [6, 6.07) is 25.3. The third-order valence-electron chi connectivity index (χ3n) is 6.88. The van der Waals surface area contributed by atoms with E-state index in [-0.39, 0.29) is 24.5 Å². The van der Waals surface area contributed by atoms with Crippen molar-refractivity contribution in [2.24, 2.45) is 5.73 Å². The van der Waals surface area contributed by atoms with Crippen molar-refractivity contribution >= 4 is 50.3 Å². The van der Waals surface area contributed by atoms with Crippen molar-refractivity contribution in [2.75, 3.05) is 18.4 Å². The molecule has 0 saturated heterocycles. The normalized spacial score (nSPS) is 12.4. The molecule has 0 saturated carbocycles. The van der Waals surface area contributed by atoms with Crippen molar-refractivity contribution in [2.45, 2.75) is 17.4 Å². The van der Waals surface area contributed by atoms with Gasteiger partial charge in [0.1, 0.15) is 34.3 Å². The molecule has 2 unspecified atom stereocenters. The number of aromatic hydroxyl groups is 1. The van der Waals surface area contributed by atoms with Crippen molar-refractivity contribution in [3.05, 3.63) is 91.0 Å². The molecule has 0 spiro atoms. The smallest absolute Gasteiger partial charge is 0.412 e. The summed E-state index contributed by atoms with van der Waals surface area (Å²) in [5, 5.41) is 25.4. The van der Waals surface area contributed by atoms with E-state index >= 15 is 0 Å². The largest absolute Gasteiger partial charge is 0.507 e. The van der Waals surface area contributed by atoms with Gasteiger partial charge in [-0.2, -0.15) is 0 Å². The van der Waals surface area contributed by atoms with Crippen LogP contribution in [0.4, 0.5) is 10.5 Å². The number of rotatable bonds is 10. The van der Waals surface area contributed by atoms with Gasteiger partial charge in [0.05, 0.1) is 17.7 Å². The van der Waals surface area contributed by atoms with Gasteiger partial charge in [-0.25, -0.2) is 9.00 Å². The van der Waals surface area contributed by atoms with E-state index in [4.69, 9.17) is 20.3 Å². The lowest BCUT2D eigenvalue weighted by Crippen LogP contribution is -2.36. The number of aliphatic carboxylic acids is 1. The number of ether oxygens (including phenoxy) is 2. The molecule has 5 aromatic carbocycles. The van der Waals surface area contributed by atoms with Gasteiger partial charge in [0.25, 0.3) is 0 Å². The summed E-state index contributed by atoms with van der Waals surface area (Å²) in [6.07, 6.45) is -0.825. The van der Waals surface area contributed by atoms with E-state index in [1.165, 1.54) is 0 Å². The van der Waals surface area contributed by atoms with Gasteiger partial charge in [0.15, 0.2) is 0 Å². The van der Waals surface area contributed by atoms with Crippen molar-refractivity contribution in [1.82, 2.24) is 5.32 Å². The molecule has 2 atom stereocenters. The van der Waals surface area contributed by atoms with E-state index < -0.39 is 29.1 Å². The lowest BCUT2D eigenvalue weighted by molar-refractivity contribution is -0.138. The van der Waals surface area contributed by atoms with Crippen molar-refractivity contribution in [3.63, 3.8) is 0 Å². The number of anilines is 1. The summed E-state index contributed by atoms with van der Waals surface area (Å²) in [5.74, 6) is -0.438. The van der Waals surface area contributed by atoms with E-state index in [1.807, 2.05) is 24.3 Å². The van der Waals surface area contributed by atoms with E-state index in [2.05, 4.69) is 10.0 Å². The summed E-state index contributed by atoms with van der Waals surface area (Å²) >= 11 is 0. The lowest BCUT2D eigenvalue weighted by atomic mass is 9.93. The highest BCUT2D eigenvalue weighted by molar-refractivity contribution is 7.86. The molecule has 0 aliphatic rings. The van der Waals surface area contributed by atoms with Gasteiger partial charge in [0.2, 0.25) is 0 Å². The van der Waals surface area contributed by atoms with Crippen LogP contribution in [0.2, 0.25) is 0 Å². The zero-order chi connectivity index (χ0) is 30.5. The molecule has 10 nitrogen and oxygen atoms in total. The molecular weight excluding hydrogens is 570 g/mol. The first-order valence-corrected chi connectivity index (χ1v) is 14.4. The first-order valence-electron chi connectivity index (χ1n) is 13.3. The second-order valence-corrected chi connectivity index (χ2v) is 10.8. The van der Waals surface area contributed by atoms with Crippen LogP contribution in [0, 0.1) is 0 Å². The molecule has 0 radical (unpaired) electrons. The number of nitrogens with two attached hydrogens (primary N) is 1. The fourth-order valence-electron chi connectivity index (χ4n) is 4.71. The number of phenols is 1. The van der Waals surface area contributed by atoms with Gasteiger partial charge < -0.3 is 35.5 Å². The summed E-state index contributed by atoms with van der Waals surface area (Å²) in [6.45, 7) is -0.0282. The zero-order valence-corrected chi connectivity index (χ0v) is 23.9. The predicted octanol–water partition coefficient (Wildman–Crippen LogP) is 5.40. The Kier molecular flexibility index (Phi) is 8.74. The van der Waals surface area contributed by atoms with Gasteiger partial charge in [-0.1, -0.05) is 54.6 Å². The number of hydrogen-bond acceptors (Lipinski definition) is 7. The lowest BCUT2D eigenvalue weighted by Gasteiger charge is -2.19. The third kappa shape index (κ3) is 6.37. The summed E-state index contributed by atoms with van der Waals surface area (Å²) in [4.78, 5) is 24.5. The van der Waals surface area contributed by atoms with Crippen LogP contribution in [0.1, 0.15) is 6.42 Å². The van der Waals surface area contributed by atoms with Gasteiger partial charge in [0, 0.05) is 28.4 Å². The van der Waals surface area contributed by atoms with E-state index in [9.17, 15) is 18.9 Å². The third-order valence-corrected chi connectivity index (χ3v) is 7.99. The highest BCUT2D eigenvalue weighted by Crippen LogP contribution is 2.46.